The normalized spacial score (nSPS) is 11.2. The third-order valence-electron chi connectivity index (χ3n) is 6.97. The molecule has 0 fully saturated rings. The molecule has 37 heavy (non-hydrogen) atoms. The fraction of sp³-hybridized carbons (Fsp3) is 0. The largest absolute Gasteiger partial charge is 0.455 e. The van der Waals surface area contributed by atoms with Gasteiger partial charge in [0.25, 0.3) is 0 Å². The molecule has 0 N–H and O–H groups in total. The highest BCUT2D eigenvalue weighted by atomic mass is 16.3. The lowest BCUT2D eigenvalue weighted by Crippen LogP contribution is -1.89. The van der Waals surface area contributed by atoms with E-state index in [0.717, 1.165) is 61.0 Å². The molecular weight excluding hydrogens is 450 g/mol. The molecular formula is C35H23NO. The lowest BCUT2D eigenvalue weighted by molar-refractivity contribution is 0.603. The van der Waals surface area contributed by atoms with Gasteiger partial charge < -0.3 is 4.42 Å². The summed E-state index contributed by atoms with van der Waals surface area (Å²) < 4.78 is 6.94. The Hall–Kier alpha value is -4.95. The van der Waals surface area contributed by atoms with Gasteiger partial charge in [0.15, 0.2) is 0 Å². The van der Waals surface area contributed by atoms with Crippen molar-refractivity contribution >= 4 is 21.7 Å². The maximum Gasteiger partial charge on any atom is 0.143 e. The summed E-state index contributed by atoms with van der Waals surface area (Å²) in [6.07, 6.45) is 1.84. The van der Waals surface area contributed by atoms with E-state index in [9.17, 15) is 0 Å². The molecule has 7 rings (SSSR count). The van der Waals surface area contributed by atoms with Crippen molar-refractivity contribution in [2.24, 2.45) is 0 Å². The average Bonchev–Trinajstić information content (AvgIpc) is 3.36. The van der Waals surface area contributed by atoms with Crippen LogP contribution < -0.4 is 0 Å². The number of nitrogens with zero attached hydrogens (tertiary/aromatic N) is 1. The van der Waals surface area contributed by atoms with Crippen molar-refractivity contribution in [1.82, 2.24) is 4.98 Å². The van der Waals surface area contributed by atoms with E-state index in [-0.39, 0.29) is 0 Å². The first-order valence-corrected chi connectivity index (χ1v) is 12.5. The SMILES string of the molecule is c1ccc(-c2ccccc2-c2oc(-c3c(-c4ccccc4)ccc4ncccc34)c3ccccc23)cc1. The standard InChI is InChI=1S/C35H23NO/c1-3-12-24(13-4-1)26-16-7-8-17-28(26)34-29-18-9-10-19-30(29)35(37-34)33-27(25-14-5-2-6-15-25)21-22-32-31(33)20-11-23-36-32/h1-23H. The van der Waals surface area contributed by atoms with Crippen LogP contribution in [0.4, 0.5) is 0 Å². The third-order valence-corrected chi connectivity index (χ3v) is 6.97. The number of pyridine rings is 1. The molecule has 0 atom stereocenters. The van der Waals surface area contributed by atoms with Crippen molar-refractivity contribution in [3.05, 3.63) is 140 Å². The Morgan fingerprint density at radius 3 is 1.70 bits per heavy atom. The number of rotatable bonds is 4. The molecule has 0 saturated heterocycles. The Morgan fingerprint density at radius 2 is 0.973 bits per heavy atom. The van der Waals surface area contributed by atoms with Gasteiger partial charge in [-0.2, -0.15) is 0 Å². The number of hydrogen-bond acceptors (Lipinski definition) is 2. The molecule has 5 aromatic carbocycles. The van der Waals surface area contributed by atoms with Crippen molar-refractivity contribution in [2.45, 2.75) is 0 Å². The minimum absolute atomic E-state index is 0.867. The summed E-state index contributed by atoms with van der Waals surface area (Å²) in [4.78, 5) is 4.66. The lowest BCUT2D eigenvalue weighted by atomic mass is 9.92. The minimum atomic E-state index is 0.867. The van der Waals surface area contributed by atoms with Crippen LogP contribution in [0, 0.1) is 0 Å². The van der Waals surface area contributed by atoms with Crippen LogP contribution in [0.5, 0.6) is 0 Å². The van der Waals surface area contributed by atoms with E-state index >= 15 is 0 Å². The maximum absolute atomic E-state index is 6.94. The van der Waals surface area contributed by atoms with Gasteiger partial charge in [-0.25, -0.2) is 0 Å². The molecule has 2 aromatic heterocycles. The van der Waals surface area contributed by atoms with E-state index in [0.29, 0.717) is 0 Å². The van der Waals surface area contributed by atoms with E-state index in [4.69, 9.17) is 4.42 Å². The Morgan fingerprint density at radius 1 is 0.405 bits per heavy atom. The molecule has 2 nitrogen and oxygen atoms in total. The van der Waals surface area contributed by atoms with Crippen LogP contribution in [0.25, 0.3) is 66.6 Å². The molecule has 0 bridgehead atoms. The van der Waals surface area contributed by atoms with Crippen molar-refractivity contribution in [1.29, 1.82) is 0 Å². The van der Waals surface area contributed by atoms with Crippen molar-refractivity contribution < 1.29 is 4.42 Å². The zero-order valence-electron chi connectivity index (χ0n) is 20.1. The van der Waals surface area contributed by atoms with E-state index < -0.39 is 0 Å². The van der Waals surface area contributed by atoms with Gasteiger partial charge in [0.2, 0.25) is 0 Å². The van der Waals surface area contributed by atoms with Crippen LogP contribution in [0.1, 0.15) is 0 Å². The molecule has 0 unspecified atom stereocenters. The van der Waals surface area contributed by atoms with Crippen LogP contribution in [-0.4, -0.2) is 4.98 Å². The van der Waals surface area contributed by atoms with Crippen molar-refractivity contribution in [3.8, 4) is 44.9 Å². The number of aromatic nitrogens is 1. The van der Waals surface area contributed by atoms with Gasteiger partial charge in [-0.15, -0.1) is 0 Å². The average molecular weight is 474 g/mol. The van der Waals surface area contributed by atoms with E-state index in [1.54, 1.807) is 0 Å². The quantitative estimate of drug-likeness (QED) is 0.254. The summed E-state index contributed by atoms with van der Waals surface area (Å²) in [5.41, 5.74) is 7.69. The molecule has 0 saturated carbocycles. The number of hydrogen-bond donors (Lipinski definition) is 0. The first-order chi connectivity index (χ1) is 18.4. The van der Waals surface area contributed by atoms with Gasteiger partial charge in [-0.05, 0) is 34.4 Å². The molecule has 0 aliphatic carbocycles. The molecule has 0 aliphatic heterocycles. The summed E-state index contributed by atoms with van der Waals surface area (Å²) in [7, 11) is 0. The van der Waals surface area contributed by atoms with Gasteiger partial charge in [0, 0.05) is 33.5 Å². The topological polar surface area (TPSA) is 26.0 Å². The van der Waals surface area contributed by atoms with Crippen molar-refractivity contribution in [3.63, 3.8) is 0 Å². The van der Waals surface area contributed by atoms with Gasteiger partial charge in [0.1, 0.15) is 11.5 Å². The summed E-state index contributed by atoms with van der Waals surface area (Å²) in [6.45, 7) is 0. The monoisotopic (exact) mass is 473 g/mol. The van der Waals surface area contributed by atoms with Crippen LogP contribution >= 0.6 is 0 Å². The highest BCUT2D eigenvalue weighted by Crippen LogP contribution is 2.46. The Labute approximate surface area is 215 Å². The smallest absolute Gasteiger partial charge is 0.143 e. The zero-order chi connectivity index (χ0) is 24.6. The molecule has 174 valence electrons. The van der Waals surface area contributed by atoms with Crippen molar-refractivity contribution in [2.75, 3.05) is 0 Å². The molecule has 0 aliphatic rings. The van der Waals surface area contributed by atoms with E-state index in [2.05, 4.69) is 120 Å². The predicted octanol–water partition coefficient (Wildman–Crippen LogP) is 9.65. The predicted molar refractivity (Wildman–Crippen MR) is 153 cm³/mol. The number of benzene rings is 5. The molecule has 0 spiro atoms. The summed E-state index contributed by atoms with van der Waals surface area (Å²) >= 11 is 0. The van der Waals surface area contributed by atoms with Gasteiger partial charge in [0.05, 0.1) is 5.52 Å². The maximum atomic E-state index is 6.94. The molecule has 0 radical (unpaired) electrons. The summed E-state index contributed by atoms with van der Waals surface area (Å²) in [5.74, 6) is 1.75. The fourth-order valence-corrected chi connectivity index (χ4v) is 5.28. The van der Waals surface area contributed by atoms with Crippen LogP contribution in [0.2, 0.25) is 0 Å². The summed E-state index contributed by atoms with van der Waals surface area (Å²) in [5, 5.41) is 3.26. The first-order valence-electron chi connectivity index (χ1n) is 12.5. The second kappa shape index (κ2) is 8.92. The Balaban J connectivity index is 1.56. The summed E-state index contributed by atoms with van der Waals surface area (Å²) in [6, 6.07) is 46.4. The zero-order valence-corrected chi connectivity index (χ0v) is 20.1. The number of furan rings is 1. The minimum Gasteiger partial charge on any atom is -0.455 e. The van der Waals surface area contributed by atoms with E-state index in [1.807, 2.05) is 24.4 Å². The highest BCUT2D eigenvalue weighted by molar-refractivity contribution is 6.11. The lowest BCUT2D eigenvalue weighted by Gasteiger charge is -2.12. The third kappa shape index (κ3) is 3.62. The molecule has 0 amide bonds. The second-order valence-electron chi connectivity index (χ2n) is 9.14. The first kappa shape index (κ1) is 21.3. The number of fused-ring (bicyclic) bond motifs is 2. The molecule has 2 heteroatoms. The Bertz CT molecular complexity index is 1870. The molecule has 7 aromatic rings. The van der Waals surface area contributed by atoms with Gasteiger partial charge in [-0.1, -0.05) is 121 Å². The highest BCUT2D eigenvalue weighted by Gasteiger charge is 2.22. The fourth-order valence-electron chi connectivity index (χ4n) is 5.28. The van der Waals surface area contributed by atoms with Crippen LogP contribution in [0.3, 0.4) is 0 Å². The van der Waals surface area contributed by atoms with E-state index in [1.165, 1.54) is 5.56 Å². The van der Waals surface area contributed by atoms with Crippen LogP contribution in [0.15, 0.2) is 144 Å². The van der Waals surface area contributed by atoms with Gasteiger partial charge >= 0.3 is 0 Å². The van der Waals surface area contributed by atoms with Crippen LogP contribution in [-0.2, 0) is 0 Å². The second-order valence-corrected chi connectivity index (χ2v) is 9.14. The Kier molecular flexibility index (Phi) is 5.15. The molecule has 2 heterocycles. The van der Waals surface area contributed by atoms with Gasteiger partial charge in [-0.3, -0.25) is 4.98 Å².